The predicted octanol–water partition coefficient (Wildman–Crippen LogP) is 3.55. The van der Waals surface area contributed by atoms with Crippen molar-refractivity contribution in [2.75, 3.05) is 32.1 Å². The normalized spacial score (nSPS) is 15.2. The summed E-state index contributed by atoms with van der Waals surface area (Å²) in [6, 6.07) is 11.1. The molecule has 2 aromatic rings. The van der Waals surface area contributed by atoms with E-state index in [4.69, 9.17) is 9.15 Å². The van der Waals surface area contributed by atoms with Crippen molar-refractivity contribution >= 4 is 11.6 Å². The van der Waals surface area contributed by atoms with Gasteiger partial charge < -0.3 is 14.1 Å². The molecule has 0 radical (unpaired) electrons. The van der Waals surface area contributed by atoms with Gasteiger partial charge in [0.15, 0.2) is 5.76 Å². The van der Waals surface area contributed by atoms with Crippen LogP contribution in [-0.2, 0) is 6.54 Å². The largest absolute Gasteiger partial charge is 0.497 e. The van der Waals surface area contributed by atoms with Gasteiger partial charge in [-0.1, -0.05) is 12.5 Å². The second-order valence-corrected chi connectivity index (χ2v) is 6.17. The fraction of sp³-hybridized carbons (Fsp3) is 0.421. The quantitative estimate of drug-likeness (QED) is 0.842. The van der Waals surface area contributed by atoms with Crippen LogP contribution in [0.1, 0.15) is 35.6 Å². The van der Waals surface area contributed by atoms with Crippen LogP contribution in [0.2, 0.25) is 0 Å². The van der Waals surface area contributed by atoms with Crippen LogP contribution >= 0.6 is 0 Å². The lowest BCUT2D eigenvalue weighted by Crippen LogP contribution is -2.29. The van der Waals surface area contributed by atoms with Gasteiger partial charge in [0.2, 0.25) is 0 Å². The number of nitrogens with zero attached hydrogens (tertiary/aromatic N) is 2. The number of benzene rings is 1. The first-order valence-electron chi connectivity index (χ1n) is 8.40. The number of ether oxygens (including phenoxy) is 1. The number of carbonyl (C=O) groups excluding carboxylic acids is 1. The van der Waals surface area contributed by atoms with Gasteiger partial charge in [0, 0.05) is 18.8 Å². The molecule has 3 rings (SSSR count). The summed E-state index contributed by atoms with van der Waals surface area (Å²) in [7, 11) is 3.35. The number of hydrogen-bond donors (Lipinski definition) is 0. The summed E-state index contributed by atoms with van der Waals surface area (Å²) in [5.41, 5.74) is 0.772. The van der Waals surface area contributed by atoms with E-state index < -0.39 is 0 Å². The van der Waals surface area contributed by atoms with E-state index in [1.54, 1.807) is 25.1 Å². The number of likely N-dealkylation sites (tertiary alicyclic amines) is 1. The molecule has 5 heteroatoms. The molecule has 1 aromatic carbocycles. The third-order valence-corrected chi connectivity index (χ3v) is 4.45. The van der Waals surface area contributed by atoms with Crippen LogP contribution in [0.15, 0.2) is 40.8 Å². The lowest BCUT2D eigenvalue weighted by Gasteiger charge is -2.25. The standard InChI is InChI=1S/C19H24N2O3/c1-20(15-7-6-8-16(13-15)23-2)19(22)18-10-9-17(24-18)14-21-11-4-3-5-12-21/h6-10,13H,3-5,11-12,14H2,1-2H3. The highest BCUT2D eigenvalue weighted by Crippen LogP contribution is 2.22. The van der Waals surface area contributed by atoms with E-state index in [0.717, 1.165) is 36.8 Å². The summed E-state index contributed by atoms with van der Waals surface area (Å²) in [6.07, 6.45) is 3.79. The fourth-order valence-corrected chi connectivity index (χ4v) is 3.02. The zero-order valence-corrected chi connectivity index (χ0v) is 14.3. The lowest BCUT2D eigenvalue weighted by atomic mass is 10.1. The average Bonchev–Trinajstić information content (AvgIpc) is 3.10. The van der Waals surface area contributed by atoms with Crippen molar-refractivity contribution in [3.05, 3.63) is 47.9 Å². The van der Waals surface area contributed by atoms with Gasteiger partial charge in [-0.2, -0.15) is 0 Å². The van der Waals surface area contributed by atoms with E-state index in [2.05, 4.69) is 4.90 Å². The fourth-order valence-electron chi connectivity index (χ4n) is 3.02. The van der Waals surface area contributed by atoms with Crippen LogP contribution in [-0.4, -0.2) is 38.1 Å². The highest BCUT2D eigenvalue weighted by molar-refractivity contribution is 6.03. The molecule has 1 aliphatic rings. The molecule has 0 bridgehead atoms. The van der Waals surface area contributed by atoms with Crippen LogP contribution < -0.4 is 9.64 Å². The minimum Gasteiger partial charge on any atom is -0.497 e. The van der Waals surface area contributed by atoms with Crippen molar-refractivity contribution < 1.29 is 13.9 Å². The third-order valence-electron chi connectivity index (χ3n) is 4.45. The molecule has 0 unspecified atom stereocenters. The molecule has 1 aliphatic heterocycles. The Labute approximate surface area is 142 Å². The van der Waals surface area contributed by atoms with E-state index in [1.165, 1.54) is 19.3 Å². The molecule has 1 amide bonds. The number of methoxy groups -OCH3 is 1. The number of anilines is 1. The molecule has 1 aromatic heterocycles. The molecule has 128 valence electrons. The van der Waals surface area contributed by atoms with Crippen molar-refractivity contribution in [2.45, 2.75) is 25.8 Å². The highest BCUT2D eigenvalue weighted by atomic mass is 16.5. The van der Waals surface area contributed by atoms with Gasteiger partial charge in [-0.15, -0.1) is 0 Å². The first-order chi connectivity index (χ1) is 11.7. The Balaban J connectivity index is 1.68. The Morgan fingerprint density at radius 1 is 1.21 bits per heavy atom. The maximum Gasteiger partial charge on any atom is 0.293 e. The van der Waals surface area contributed by atoms with Crippen molar-refractivity contribution in [3.63, 3.8) is 0 Å². The molecule has 0 atom stereocenters. The second-order valence-electron chi connectivity index (χ2n) is 6.17. The van der Waals surface area contributed by atoms with Crippen LogP contribution in [0.4, 0.5) is 5.69 Å². The maximum atomic E-state index is 12.6. The smallest absolute Gasteiger partial charge is 0.293 e. The van der Waals surface area contributed by atoms with Gasteiger partial charge in [0.1, 0.15) is 11.5 Å². The van der Waals surface area contributed by atoms with Crippen molar-refractivity contribution in [2.24, 2.45) is 0 Å². The van der Waals surface area contributed by atoms with E-state index >= 15 is 0 Å². The van der Waals surface area contributed by atoms with Crippen LogP contribution in [0.25, 0.3) is 0 Å². The molecule has 1 fully saturated rings. The van der Waals surface area contributed by atoms with E-state index in [-0.39, 0.29) is 5.91 Å². The van der Waals surface area contributed by atoms with E-state index in [1.807, 2.05) is 30.3 Å². The average molecular weight is 328 g/mol. The zero-order chi connectivity index (χ0) is 16.9. The molecule has 1 saturated heterocycles. The van der Waals surface area contributed by atoms with Crippen LogP contribution in [0.3, 0.4) is 0 Å². The summed E-state index contributed by atoms with van der Waals surface area (Å²) < 4.78 is 11.0. The van der Waals surface area contributed by atoms with Gasteiger partial charge in [-0.3, -0.25) is 9.69 Å². The van der Waals surface area contributed by atoms with Crippen molar-refractivity contribution in [3.8, 4) is 5.75 Å². The van der Waals surface area contributed by atoms with E-state index in [9.17, 15) is 4.79 Å². The molecular weight excluding hydrogens is 304 g/mol. The van der Waals surface area contributed by atoms with Gasteiger partial charge >= 0.3 is 0 Å². The number of furan rings is 1. The molecule has 0 N–H and O–H groups in total. The molecule has 2 heterocycles. The van der Waals surface area contributed by atoms with Gasteiger partial charge in [-0.25, -0.2) is 0 Å². The molecule has 24 heavy (non-hydrogen) atoms. The Hall–Kier alpha value is -2.27. The summed E-state index contributed by atoms with van der Waals surface area (Å²) in [6.45, 7) is 2.98. The number of amides is 1. The Kier molecular flexibility index (Phi) is 5.20. The summed E-state index contributed by atoms with van der Waals surface area (Å²) in [4.78, 5) is 16.6. The third kappa shape index (κ3) is 3.79. The predicted molar refractivity (Wildman–Crippen MR) is 93.6 cm³/mol. The first-order valence-corrected chi connectivity index (χ1v) is 8.40. The first kappa shape index (κ1) is 16.6. The Bertz CT molecular complexity index is 689. The number of hydrogen-bond acceptors (Lipinski definition) is 4. The van der Waals surface area contributed by atoms with Crippen molar-refractivity contribution in [1.29, 1.82) is 0 Å². The number of piperidine rings is 1. The topological polar surface area (TPSA) is 45.9 Å². The molecule has 0 aliphatic carbocycles. The minimum atomic E-state index is -0.159. The maximum absolute atomic E-state index is 12.6. The molecule has 5 nitrogen and oxygen atoms in total. The van der Waals surface area contributed by atoms with Crippen LogP contribution in [0, 0.1) is 0 Å². The van der Waals surface area contributed by atoms with Gasteiger partial charge in [0.25, 0.3) is 5.91 Å². The molecular formula is C19H24N2O3. The lowest BCUT2D eigenvalue weighted by molar-refractivity contribution is 0.0962. The van der Waals surface area contributed by atoms with Gasteiger partial charge in [0.05, 0.1) is 13.7 Å². The highest BCUT2D eigenvalue weighted by Gasteiger charge is 2.19. The van der Waals surface area contributed by atoms with Crippen molar-refractivity contribution in [1.82, 2.24) is 4.90 Å². The summed E-state index contributed by atoms with van der Waals surface area (Å²) in [5, 5.41) is 0. The second kappa shape index (κ2) is 7.53. The summed E-state index contributed by atoms with van der Waals surface area (Å²) >= 11 is 0. The summed E-state index contributed by atoms with van der Waals surface area (Å²) in [5.74, 6) is 1.78. The number of carbonyl (C=O) groups is 1. The zero-order valence-electron chi connectivity index (χ0n) is 14.3. The van der Waals surface area contributed by atoms with Crippen LogP contribution in [0.5, 0.6) is 5.75 Å². The van der Waals surface area contributed by atoms with Gasteiger partial charge in [-0.05, 0) is 50.2 Å². The molecule has 0 spiro atoms. The Morgan fingerprint density at radius 3 is 2.75 bits per heavy atom. The number of rotatable bonds is 5. The molecule has 0 saturated carbocycles. The minimum absolute atomic E-state index is 0.159. The SMILES string of the molecule is COc1cccc(N(C)C(=O)c2ccc(CN3CCCCC3)o2)c1. The Morgan fingerprint density at radius 2 is 2.00 bits per heavy atom. The monoisotopic (exact) mass is 328 g/mol. The van der Waals surface area contributed by atoms with E-state index in [0.29, 0.717) is 5.76 Å².